The summed E-state index contributed by atoms with van der Waals surface area (Å²) in [5.41, 5.74) is 0. The van der Waals surface area contributed by atoms with Gasteiger partial charge in [0.1, 0.15) is 6.04 Å². The average Bonchev–Trinajstić information content (AvgIpc) is 2.47. The van der Waals surface area contributed by atoms with Gasteiger partial charge in [-0.15, -0.1) is 0 Å². The first-order valence-corrected chi connectivity index (χ1v) is 8.38. The molecule has 2 heterocycles. The largest absolute Gasteiger partial charge is 0.465 e. The van der Waals surface area contributed by atoms with Gasteiger partial charge in [-0.3, -0.25) is 9.69 Å². The first-order valence-electron chi connectivity index (χ1n) is 8.38. The third-order valence-corrected chi connectivity index (χ3v) is 4.88. The Morgan fingerprint density at radius 1 is 1.19 bits per heavy atom. The second kappa shape index (κ2) is 7.56. The van der Waals surface area contributed by atoms with Crippen LogP contribution in [0.4, 0.5) is 0 Å². The van der Waals surface area contributed by atoms with Crippen molar-refractivity contribution in [3.63, 3.8) is 0 Å². The predicted octanol–water partition coefficient (Wildman–Crippen LogP) is 1.04. The first-order chi connectivity index (χ1) is 10.0. The summed E-state index contributed by atoms with van der Waals surface area (Å²) in [6.45, 7) is 12.0. The fourth-order valence-electron chi connectivity index (χ4n) is 3.55. The second-order valence-electron chi connectivity index (χ2n) is 6.63. The van der Waals surface area contributed by atoms with Gasteiger partial charge in [0.15, 0.2) is 0 Å². The second-order valence-corrected chi connectivity index (χ2v) is 6.63. The molecular weight excluding hydrogens is 266 g/mol. The van der Waals surface area contributed by atoms with Crippen LogP contribution in [0.1, 0.15) is 33.6 Å². The lowest BCUT2D eigenvalue weighted by atomic mass is 9.98. The highest BCUT2D eigenvalue weighted by atomic mass is 16.5. The Balaban J connectivity index is 1.97. The van der Waals surface area contributed by atoms with Crippen LogP contribution >= 0.6 is 0 Å². The Bertz CT molecular complexity index is 340. The van der Waals surface area contributed by atoms with Crippen LogP contribution in [0.25, 0.3) is 0 Å². The van der Waals surface area contributed by atoms with Gasteiger partial charge in [0.25, 0.3) is 0 Å². The molecule has 0 aliphatic carbocycles. The molecule has 0 saturated carbocycles. The molecule has 1 atom stereocenters. The minimum Gasteiger partial charge on any atom is -0.465 e. The molecule has 0 aromatic rings. The van der Waals surface area contributed by atoms with E-state index < -0.39 is 0 Å². The van der Waals surface area contributed by atoms with Gasteiger partial charge in [-0.1, -0.05) is 0 Å². The number of piperazine rings is 1. The predicted molar refractivity (Wildman–Crippen MR) is 84.4 cm³/mol. The van der Waals surface area contributed by atoms with E-state index in [1.807, 2.05) is 6.92 Å². The molecule has 0 bridgehead atoms. The molecule has 2 saturated heterocycles. The van der Waals surface area contributed by atoms with Crippen LogP contribution in [-0.4, -0.2) is 85.2 Å². The third kappa shape index (κ3) is 4.18. The summed E-state index contributed by atoms with van der Waals surface area (Å²) in [7, 11) is 2.09. The lowest BCUT2D eigenvalue weighted by Gasteiger charge is -2.46. The summed E-state index contributed by atoms with van der Waals surface area (Å²) in [5.74, 6) is -0.0460. The van der Waals surface area contributed by atoms with Crippen molar-refractivity contribution in [2.24, 2.45) is 0 Å². The van der Waals surface area contributed by atoms with Crippen molar-refractivity contribution in [2.45, 2.75) is 51.7 Å². The Morgan fingerprint density at radius 3 is 2.43 bits per heavy atom. The molecule has 5 heteroatoms. The summed E-state index contributed by atoms with van der Waals surface area (Å²) in [6.07, 6.45) is 2.33. The average molecular weight is 297 g/mol. The Morgan fingerprint density at radius 2 is 1.86 bits per heavy atom. The molecule has 21 heavy (non-hydrogen) atoms. The topological polar surface area (TPSA) is 36.0 Å². The van der Waals surface area contributed by atoms with Crippen LogP contribution in [0.5, 0.6) is 0 Å². The number of hydrogen-bond donors (Lipinski definition) is 0. The first kappa shape index (κ1) is 16.7. The van der Waals surface area contributed by atoms with Crippen molar-refractivity contribution >= 4 is 5.97 Å². The molecule has 2 fully saturated rings. The highest BCUT2D eigenvalue weighted by Gasteiger charge is 2.37. The zero-order valence-corrected chi connectivity index (χ0v) is 14.0. The summed E-state index contributed by atoms with van der Waals surface area (Å²) in [5, 5.41) is 0. The number of hydrogen-bond acceptors (Lipinski definition) is 5. The number of piperidine rings is 1. The van der Waals surface area contributed by atoms with Gasteiger partial charge < -0.3 is 14.5 Å². The van der Waals surface area contributed by atoms with Crippen LogP contribution in [0, 0.1) is 0 Å². The maximum Gasteiger partial charge on any atom is 0.324 e. The summed E-state index contributed by atoms with van der Waals surface area (Å²) in [6, 6.07) is 1.07. The minimum atomic E-state index is -0.0840. The lowest BCUT2D eigenvalue weighted by molar-refractivity contribution is -0.154. The molecule has 122 valence electrons. The smallest absolute Gasteiger partial charge is 0.324 e. The van der Waals surface area contributed by atoms with Gasteiger partial charge in [-0.05, 0) is 53.8 Å². The van der Waals surface area contributed by atoms with Crippen molar-refractivity contribution < 1.29 is 9.53 Å². The van der Waals surface area contributed by atoms with Gasteiger partial charge >= 0.3 is 5.97 Å². The highest BCUT2D eigenvalue weighted by molar-refractivity contribution is 5.76. The summed E-state index contributed by atoms with van der Waals surface area (Å²) < 4.78 is 5.29. The van der Waals surface area contributed by atoms with Gasteiger partial charge in [0.05, 0.1) is 6.61 Å². The van der Waals surface area contributed by atoms with E-state index in [-0.39, 0.29) is 12.0 Å². The zero-order valence-electron chi connectivity index (χ0n) is 14.0. The number of likely N-dealkylation sites (N-methyl/N-ethyl adjacent to an activating group) is 1. The van der Waals surface area contributed by atoms with Gasteiger partial charge in [0, 0.05) is 31.7 Å². The molecule has 0 aromatic carbocycles. The summed E-state index contributed by atoms with van der Waals surface area (Å²) >= 11 is 0. The zero-order chi connectivity index (χ0) is 15.4. The van der Waals surface area contributed by atoms with Gasteiger partial charge in [-0.2, -0.15) is 0 Å². The van der Waals surface area contributed by atoms with Crippen molar-refractivity contribution in [3.05, 3.63) is 0 Å². The van der Waals surface area contributed by atoms with E-state index in [2.05, 4.69) is 35.6 Å². The maximum atomic E-state index is 12.3. The maximum absolute atomic E-state index is 12.3. The number of rotatable bonds is 4. The SMILES string of the molecule is CCOC(=O)C1CN(C)CCN1C1CCN(C(C)C)CC1. The van der Waals surface area contributed by atoms with Crippen LogP contribution < -0.4 is 0 Å². The molecule has 5 nitrogen and oxygen atoms in total. The van der Waals surface area contributed by atoms with E-state index in [1.165, 1.54) is 0 Å². The molecule has 0 spiro atoms. The number of nitrogens with zero attached hydrogens (tertiary/aromatic N) is 3. The third-order valence-electron chi connectivity index (χ3n) is 4.88. The van der Waals surface area contributed by atoms with Crippen molar-refractivity contribution in [1.29, 1.82) is 0 Å². The fraction of sp³-hybridized carbons (Fsp3) is 0.938. The van der Waals surface area contributed by atoms with Crippen molar-refractivity contribution in [2.75, 3.05) is 46.4 Å². The van der Waals surface area contributed by atoms with Crippen molar-refractivity contribution in [3.8, 4) is 0 Å². The van der Waals surface area contributed by atoms with E-state index in [4.69, 9.17) is 4.74 Å². The van der Waals surface area contributed by atoms with Gasteiger partial charge in [-0.25, -0.2) is 0 Å². The van der Waals surface area contributed by atoms with E-state index in [9.17, 15) is 4.79 Å². The minimum absolute atomic E-state index is 0.0460. The molecular formula is C16H31N3O2. The molecule has 2 aliphatic heterocycles. The number of carbonyl (C=O) groups excluding carboxylic acids is 1. The van der Waals surface area contributed by atoms with E-state index in [1.54, 1.807) is 0 Å². The van der Waals surface area contributed by atoms with Crippen LogP contribution in [-0.2, 0) is 9.53 Å². The summed E-state index contributed by atoms with van der Waals surface area (Å²) in [4.78, 5) is 19.5. The molecule has 2 aliphatic rings. The standard InChI is InChI=1S/C16H31N3O2/c1-5-21-16(20)15-12-17(4)10-11-19(15)14-6-8-18(9-7-14)13(2)3/h13-15H,5-12H2,1-4H3. The van der Waals surface area contributed by atoms with Crippen LogP contribution in [0.15, 0.2) is 0 Å². The van der Waals surface area contributed by atoms with E-state index in [0.717, 1.165) is 45.6 Å². The highest BCUT2D eigenvalue weighted by Crippen LogP contribution is 2.23. The fourth-order valence-corrected chi connectivity index (χ4v) is 3.55. The number of likely N-dealkylation sites (tertiary alicyclic amines) is 1. The Labute approximate surface area is 129 Å². The molecule has 1 unspecified atom stereocenters. The quantitative estimate of drug-likeness (QED) is 0.725. The van der Waals surface area contributed by atoms with Crippen LogP contribution in [0.2, 0.25) is 0 Å². The molecule has 2 rings (SSSR count). The molecule has 0 aromatic heterocycles. The number of esters is 1. The van der Waals surface area contributed by atoms with E-state index in [0.29, 0.717) is 18.7 Å². The Kier molecular flexibility index (Phi) is 6.02. The molecule has 0 amide bonds. The normalized spacial score (nSPS) is 27.2. The van der Waals surface area contributed by atoms with Crippen LogP contribution in [0.3, 0.4) is 0 Å². The Hall–Kier alpha value is -0.650. The number of carbonyl (C=O) groups is 1. The van der Waals surface area contributed by atoms with Crippen molar-refractivity contribution in [1.82, 2.24) is 14.7 Å². The number of ether oxygens (including phenoxy) is 1. The lowest BCUT2D eigenvalue weighted by Crippen LogP contribution is -2.60. The molecule has 0 N–H and O–H groups in total. The molecule has 0 radical (unpaired) electrons. The van der Waals surface area contributed by atoms with Gasteiger partial charge in [0.2, 0.25) is 0 Å². The van der Waals surface area contributed by atoms with E-state index >= 15 is 0 Å². The monoisotopic (exact) mass is 297 g/mol.